The van der Waals surface area contributed by atoms with Crippen LogP contribution < -0.4 is 15.6 Å². The number of ether oxygens (including phenoxy) is 1. The van der Waals surface area contributed by atoms with Crippen molar-refractivity contribution in [2.75, 3.05) is 16.9 Å². The molecule has 1 atom stereocenters. The van der Waals surface area contributed by atoms with Crippen LogP contribution in [0.25, 0.3) is 0 Å². The second kappa shape index (κ2) is 9.70. The maximum Gasteiger partial charge on any atom is 0.470 e. The van der Waals surface area contributed by atoms with Crippen LogP contribution in [0.3, 0.4) is 0 Å². The number of carbonyl (C=O) groups excluding carboxylic acids is 2. The Kier molecular flexibility index (Phi) is 7.16. The van der Waals surface area contributed by atoms with E-state index in [9.17, 15) is 22.8 Å². The first kappa shape index (κ1) is 24.4. The van der Waals surface area contributed by atoms with Gasteiger partial charge in [-0.1, -0.05) is 35.9 Å². The molecule has 11 heteroatoms. The standard InChI is InChI=1S/C22H22ClF3N4O3/c1-12(2)27-19(31)14-8-6-7-13(3)18(14)28-20(32)17-11-33-21(22(24,25)26)29-30(17)16-10-5-4-9-15(16)23/h4-10,12,17H,11H2,1-3H3,(H,27,31)(H,28,32). The predicted molar refractivity (Wildman–Crippen MR) is 120 cm³/mol. The van der Waals surface area contributed by atoms with Crippen LogP contribution in [0.2, 0.25) is 5.02 Å². The number of hydrogen-bond acceptors (Lipinski definition) is 5. The fourth-order valence-corrected chi connectivity index (χ4v) is 3.40. The second-order valence-electron chi connectivity index (χ2n) is 7.64. The van der Waals surface area contributed by atoms with Crippen molar-refractivity contribution in [3.8, 4) is 0 Å². The lowest BCUT2D eigenvalue weighted by Crippen LogP contribution is -2.51. The molecule has 3 rings (SSSR count). The van der Waals surface area contributed by atoms with E-state index >= 15 is 0 Å². The van der Waals surface area contributed by atoms with E-state index in [2.05, 4.69) is 15.7 Å². The van der Waals surface area contributed by atoms with Crippen LogP contribution in [-0.4, -0.2) is 42.6 Å². The van der Waals surface area contributed by atoms with E-state index in [0.717, 1.165) is 5.01 Å². The maximum atomic E-state index is 13.2. The van der Waals surface area contributed by atoms with E-state index in [1.165, 1.54) is 12.1 Å². The van der Waals surface area contributed by atoms with E-state index in [-0.39, 0.29) is 28.0 Å². The van der Waals surface area contributed by atoms with Crippen LogP contribution in [0.15, 0.2) is 47.6 Å². The number of benzene rings is 2. The largest absolute Gasteiger partial charge is 0.470 e. The van der Waals surface area contributed by atoms with Gasteiger partial charge in [0, 0.05) is 6.04 Å². The molecule has 1 aliphatic heterocycles. The molecule has 0 aliphatic carbocycles. The van der Waals surface area contributed by atoms with Crippen molar-refractivity contribution in [2.45, 2.75) is 39.0 Å². The molecule has 2 aromatic rings. The van der Waals surface area contributed by atoms with Crippen molar-refractivity contribution < 1.29 is 27.5 Å². The summed E-state index contributed by atoms with van der Waals surface area (Å²) in [6.07, 6.45) is -4.85. The highest BCUT2D eigenvalue weighted by molar-refractivity contribution is 6.33. The number of nitrogens with one attached hydrogen (secondary N) is 2. The number of amides is 2. The quantitative estimate of drug-likeness (QED) is 0.657. The molecule has 1 unspecified atom stereocenters. The summed E-state index contributed by atoms with van der Waals surface area (Å²) in [6.45, 7) is 4.66. The van der Waals surface area contributed by atoms with Gasteiger partial charge in [-0.15, -0.1) is 5.10 Å². The Balaban J connectivity index is 1.97. The van der Waals surface area contributed by atoms with Gasteiger partial charge in [-0.3, -0.25) is 9.59 Å². The van der Waals surface area contributed by atoms with Crippen LogP contribution in [-0.2, 0) is 9.53 Å². The van der Waals surface area contributed by atoms with Crippen molar-refractivity contribution in [2.24, 2.45) is 5.10 Å². The zero-order chi connectivity index (χ0) is 24.3. The van der Waals surface area contributed by atoms with Crippen LogP contribution in [0, 0.1) is 6.92 Å². The fourth-order valence-electron chi connectivity index (χ4n) is 3.18. The average Bonchev–Trinajstić information content (AvgIpc) is 2.74. The van der Waals surface area contributed by atoms with E-state index in [4.69, 9.17) is 16.3 Å². The van der Waals surface area contributed by atoms with Crippen molar-refractivity contribution in [1.29, 1.82) is 0 Å². The van der Waals surface area contributed by atoms with Gasteiger partial charge in [0.1, 0.15) is 6.61 Å². The number of hydrogen-bond donors (Lipinski definition) is 2. The van der Waals surface area contributed by atoms with Gasteiger partial charge in [-0.2, -0.15) is 13.2 Å². The summed E-state index contributed by atoms with van der Waals surface area (Å²) in [5.74, 6) is -2.60. The average molecular weight is 483 g/mol. The van der Waals surface area contributed by atoms with Gasteiger partial charge in [0.25, 0.3) is 11.8 Å². The number of alkyl halides is 3. The SMILES string of the molecule is Cc1cccc(C(=O)NC(C)C)c1NC(=O)C1COC(C(F)(F)F)=NN1c1ccccc1Cl. The third kappa shape index (κ3) is 5.57. The first-order chi connectivity index (χ1) is 15.5. The summed E-state index contributed by atoms with van der Waals surface area (Å²) < 4.78 is 44.5. The smallest absolute Gasteiger partial charge is 0.470 e. The van der Waals surface area contributed by atoms with E-state index in [1.54, 1.807) is 51.1 Å². The zero-order valence-corrected chi connectivity index (χ0v) is 18.8. The van der Waals surface area contributed by atoms with Gasteiger partial charge in [-0.05, 0) is 44.5 Å². The summed E-state index contributed by atoms with van der Waals surface area (Å²) in [4.78, 5) is 25.8. The number of halogens is 4. The molecule has 7 nitrogen and oxygen atoms in total. The monoisotopic (exact) mass is 482 g/mol. The molecular formula is C22H22ClF3N4O3. The minimum atomic E-state index is -4.85. The number of carbonyl (C=O) groups is 2. The highest BCUT2D eigenvalue weighted by atomic mass is 35.5. The number of rotatable bonds is 5. The number of nitrogens with zero attached hydrogens (tertiary/aromatic N) is 2. The van der Waals surface area contributed by atoms with Crippen molar-refractivity contribution in [1.82, 2.24) is 5.32 Å². The van der Waals surface area contributed by atoms with Crippen molar-refractivity contribution in [3.05, 3.63) is 58.6 Å². The number of hydrazone groups is 1. The highest BCUT2D eigenvalue weighted by Crippen LogP contribution is 2.32. The second-order valence-corrected chi connectivity index (χ2v) is 8.05. The third-order valence-corrected chi connectivity index (χ3v) is 5.02. The lowest BCUT2D eigenvalue weighted by atomic mass is 10.1. The molecule has 0 saturated heterocycles. The van der Waals surface area contributed by atoms with E-state index < -0.39 is 36.5 Å². The fraction of sp³-hybridized carbons (Fsp3) is 0.318. The molecule has 0 saturated carbocycles. The Morgan fingerprint density at radius 2 is 1.88 bits per heavy atom. The molecule has 0 bridgehead atoms. The normalized spacial score (nSPS) is 16.2. The molecule has 1 heterocycles. The Morgan fingerprint density at radius 3 is 2.52 bits per heavy atom. The molecule has 176 valence electrons. The lowest BCUT2D eigenvalue weighted by molar-refractivity contribution is -0.119. The molecule has 1 aliphatic rings. The Bertz CT molecular complexity index is 1090. The summed E-state index contributed by atoms with van der Waals surface area (Å²) in [6, 6.07) is 9.57. The van der Waals surface area contributed by atoms with Gasteiger partial charge >= 0.3 is 12.1 Å². The Labute approximate surface area is 193 Å². The van der Waals surface area contributed by atoms with E-state index in [0.29, 0.717) is 5.56 Å². The topological polar surface area (TPSA) is 83.0 Å². The van der Waals surface area contributed by atoms with Crippen LogP contribution in [0.4, 0.5) is 24.5 Å². The molecule has 0 aromatic heterocycles. The summed E-state index contributed by atoms with van der Waals surface area (Å²) >= 11 is 6.17. The van der Waals surface area contributed by atoms with E-state index in [1.807, 2.05) is 0 Å². The first-order valence-corrected chi connectivity index (χ1v) is 10.4. The summed E-state index contributed by atoms with van der Waals surface area (Å²) in [5.41, 5.74) is 1.16. The van der Waals surface area contributed by atoms with Gasteiger partial charge in [-0.25, -0.2) is 5.01 Å². The van der Waals surface area contributed by atoms with Gasteiger partial charge < -0.3 is 15.4 Å². The molecule has 0 spiro atoms. The first-order valence-electron chi connectivity index (χ1n) is 10.0. The number of para-hydroxylation sites is 2. The van der Waals surface area contributed by atoms with Crippen LogP contribution in [0.1, 0.15) is 29.8 Å². The lowest BCUT2D eigenvalue weighted by Gasteiger charge is -2.33. The Hall–Kier alpha value is -3.27. The highest BCUT2D eigenvalue weighted by Gasteiger charge is 2.44. The van der Waals surface area contributed by atoms with Gasteiger partial charge in [0.05, 0.1) is 22.0 Å². The minimum absolute atomic E-state index is 0.104. The molecule has 2 amide bonds. The molecule has 2 aromatic carbocycles. The zero-order valence-electron chi connectivity index (χ0n) is 18.0. The summed E-state index contributed by atoms with van der Waals surface area (Å²) in [5, 5.41) is 9.93. The Morgan fingerprint density at radius 1 is 1.18 bits per heavy atom. The van der Waals surface area contributed by atoms with Crippen molar-refractivity contribution >= 4 is 40.7 Å². The third-order valence-electron chi connectivity index (χ3n) is 4.70. The number of anilines is 2. The molecule has 0 fully saturated rings. The maximum absolute atomic E-state index is 13.2. The van der Waals surface area contributed by atoms with Gasteiger partial charge in [0.15, 0.2) is 6.04 Å². The number of aryl methyl sites for hydroxylation is 1. The molecule has 0 radical (unpaired) electrons. The van der Waals surface area contributed by atoms with Crippen molar-refractivity contribution in [3.63, 3.8) is 0 Å². The van der Waals surface area contributed by atoms with Gasteiger partial charge in [0.2, 0.25) is 0 Å². The van der Waals surface area contributed by atoms with Crippen LogP contribution in [0.5, 0.6) is 0 Å². The summed E-state index contributed by atoms with van der Waals surface area (Å²) in [7, 11) is 0. The van der Waals surface area contributed by atoms with Crippen LogP contribution >= 0.6 is 11.6 Å². The minimum Gasteiger partial charge on any atom is -0.470 e. The molecular weight excluding hydrogens is 461 g/mol. The predicted octanol–water partition coefficient (Wildman–Crippen LogP) is 4.51. The molecule has 33 heavy (non-hydrogen) atoms. The molecule has 2 N–H and O–H groups in total.